The Hall–Kier alpha value is -1.39. The molecule has 4 nitrogen and oxygen atoms in total. The molecule has 1 amide bonds. The van der Waals surface area contributed by atoms with E-state index in [1.165, 1.54) is 0 Å². The smallest absolute Gasteiger partial charge is 0.226 e. The summed E-state index contributed by atoms with van der Waals surface area (Å²) in [6, 6.07) is 7.86. The first-order chi connectivity index (χ1) is 9.27. The highest BCUT2D eigenvalue weighted by molar-refractivity contribution is 5.91. The third-order valence-corrected chi connectivity index (χ3v) is 2.68. The van der Waals surface area contributed by atoms with Crippen LogP contribution in [-0.2, 0) is 16.1 Å². The van der Waals surface area contributed by atoms with Gasteiger partial charge in [0.25, 0.3) is 0 Å². The van der Waals surface area contributed by atoms with Gasteiger partial charge in [-0.05, 0) is 24.6 Å². The van der Waals surface area contributed by atoms with E-state index in [4.69, 9.17) is 4.74 Å². The molecule has 0 radical (unpaired) electrons. The van der Waals surface area contributed by atoms with Crippen LogP contribution in [-0.4, -0.2) is 25.7 Å². The summed E-state index contributed by atoms with van der Waals surface area (Å²) in [5, 5.41) is 6.20. The third-order valence-electron chi connectivity index (χ3n) is 2.68. The van der Waals surface area contributed by atoms with Crippen molar-refractivity contribution in [3.63, 3.8) is 0 Å². The molecule has 0 aliphatic carbocycles. The quantitative estimate of drug-likeness (QED) is 0.674. The predicted octanol–water partition coefficient (Wildman–Crippen LogP) is 2.55. The number of benzene rings is 1. The van der Waals surface area contributed by atoms with Crippen molar-refractivity contribution in [2.24, 2.45) is 0 Å². The molecule has 0 aromatic heterocycles. The highest BCUT2D eigenvalue weighted by Crippen LogP contribution is 2.14. The van der Waals surface area contributed by atoms with Gasteiger partial charge in [0.1, 0.15) is 0 Å². The lowest BCUT2D eigenvalue weighted by Crippen LogP contribution is -2.18. The van der Waals surface area contributed by atoms with Crippen molar-refractivity contribution in [2.75, 3.05) is 25.1 Å². The Kier molecular flexibility index (Phi) is 7.86. The molecule has 0 unspecified atom stereocenters. The summed E-state index contributed by atoms with van der Waals surface area (Å²) in [5.74, 6) is 0.0000477. The number of amides is 1. The number of hydrogen-bond acceptors (Lipinski definition) is 3. The van der Waals surface area contributed by atoms with E-state index in [0.29, 0.717) is 19.6 Å². The minimum absolute atomic E-state index is 0.0000477. The van der Waals surface area contributed by atoms with Crippen molar-refractivity contribution in [1.82, 2.24) is 5.32 Å². The maximum atomic E-state index is 11.8. The average molecular weight is 264 g/mol. The molecule has 0 fully saturated rings. The van der Waals surface area contributed by atoms with Crippen LogP contribution in [0.1, 0.15) is 32.3 Å². The second kappa shape index (κ2) is 9.53. The molecule has 106 valence electrons. The van der Waals surface area contributed by atoms with Gasteiger partial charge in [-0.2, -0.15) is 0 Å². The highest BCUT2D eigenvalue weighted by Gasteiger charge is 2.06. The van der Waals surface area contributed by atoms with Crippen LogP contribution in [0.5, 0.6) is 0 Å². The molecule has 1 aromatic carbocycles. The Morgan fingerprint density at radius 1 is 1.21 bits per heavy atom. The zero-order valence-corrected chi connectivity index (χ0v) is 11.9. The van der Waals surface area contributed by atoms with Gasteiger partial charge in [-0.1, -0.05) is 32.0 Å². The molecule has 0 atom stereocenters. The lowest BCUT2D eigenvalue weighted by molar-refractivity contribution is -0.117. The number of nitrogens with one attached hydrogen (secondary N) is 2. The standard InChI is InChI=1S/C15H24N2O2/c1-3-10-19-11-9-15(18)17-14-8-6-5-7-13(14)12-16-4-2/h5-8,16H,3-4,9-12H2,1-2H3,(H,17,18). The van der Waals surface area contributed by atoms with Crippen LogP contribution >= 0.6 is 0 Å². The highest BCUT2D eigenvalue weighted by atomic mass is 16.5. The van der Waals surface area contributed by atoms with E-state index in [1.807, 2.05) is 24.3 Å². The van der Waals surface area contributed by atoms with Gasteiger partial charge in [0.15, 0.2) is 0 Å². The maximum absolute atomic E-state index is 11.8. The Morgan fingerprint density at radius 2 is 2.00 bits per heavy atom. The molecule has 1 rings (SSSR count). The van der Waals surface area contributed by atoms with Gasteiger partial charge in [-0.25, -0.2) is 0 Å². The fraction of sp³-hybridized carbons (Fsp3) is 0.533. The van der Waals surface area contributed by atoms with Crippen LogP contribution in [0.3, 0.4) is 0 Å². The van der Waals surface area contributed by atoms with E-state index < -0.39 is 0 Å². The van der Waals surface area contributed by atoms with Gasteiger partial charge >= 0.3 is 0 Å². The molecule has 2 N–H and O–H groups in total. The van der Waals surface area contributed by atoms with Crippen molar-refractivity contribution < 1.29 is 9.53 Å². The summed E-state index contributed by atoms with van der Waals surface area (Å²) < 4.78 is 5.31. The van der Waals surface area contributed by atoms with Gasteiger partial charge in [0.2, 0.25) is 5.91 Å². The van der Waals surface area contributed by atoms with Crippen LogP contribution in [0.15, 0.2) is 24.3 Å². The van der Waals surface area contributed by atoms with Crippen LogP contribution in [0.2, 0.25) is 0 Å². The van der Waals surface area contributed by atoms with E-state index in [1.54, 1.807) is 0 Å². The van der Waals surface area contributed by atoms with Crippen LogP contribution < -0.4 is 10.6 Å². The first-order valence-corrected chi connectivity index (χ1v) is 6.94. The van der Waals surface area contributed by atoms with Gasteiger partial charge in [0.05, 0.1) is 13.0 Å². The molecule has 19 heavy (non-hydrogen) atoms. The number of ether oxygens (including phenoxy) is 1. The SMILES string of the molecule is CCCOCCC(=O)Nc1ccccc1CNCC. The number of anilines is 1. The van der Waals surface area contributed by atoms with Crippen molar-refractivity contribution in [3.05, 3.63) is 29.8 Å². The molecular weight excluding hydrogens is 240 g/mol. The Bertz CT molecular complexity index is 380. The van der Waals surface area contributed by atoms with E-state index in [2.05, 4.69) is 24.5 Å². The molecule has 0 saturated heterocycles. The predicted molar refractivity (Wildman–Crippen MR) is 78.2 cm³/mol. The first-order valence-electron chi connectivity index (χ1n) is 6.94. The second-order valence-corrected chi connectivity index (χ2v) is 4.35. The zero-order chi connectivity index (χ0) is 13.9. The third kappa shape index (κ3) is 6.36. The molecule has 0 heterocycles. The van der Waals surface area contributed by atoms with Crippen LogP contribution in [0, 0.1) is 0 Å². The summed E-state index contributed by atoms with van der Waals surface area (Å²) in [5.41, 5.74) is 1.98. The van der Waals surface area contributed by atoms with E-state index in [9.17, 15) is 4.79 Å². The lowest BCUT2D eigenvalue weighted by atomic mass is 10.1. The minimum atomic E-state index is 0.0000477. The Morgan fingerprint density at radius 3 is 2.74 bits per heavy atom. The van der Waals surface area contributed by atoms with E-state index in [0.717, 1.165) is 30.8 Å². The molecule has 0 spiro atoms. The average Bonchev–Trinajstić information content (AvgIpc) is 2.43. The molecule has 0 saturated carbocycles. The molecule has 4 heteroatoms. The number of rotatable bonds is 9. The topological polar surface area (TPSA) is 50.4 Å². The van der Waals surface area contributed by atoms with Crippen molar-refractivity contribution in [2.45, 2.75) is 33.2 Å². The molecule has 0 bridgehead atoms. The van der Waals surface area contributed by atoms with Crippen molar-refractivity contribution in [3.8, 4) is 0 Å². The largest absolute Gasteiger partial charge is 0.381 e. The molecule has 0 aliphatic rings. The van der Waals surface area contributed by atoms with Crippen LogP contribution in [0.25, 0.3) is 0 Å². The summed E-state index contributed by atoms with van der Waals surface area (Å²) in [6.07, 6.45) is 1.38. The number of carbonyl (C=O) groups is 1. The number of carbonyl (C=O) groups excluding carboxylic acids is 1. The van der Waals surface area contributed by atoms with E-state index >= 15 is 0 Å². The number of para-hydroxylation sites is 1. The number of hydrogen-bond donors (Lipinski definition) is 2. The zero-order valence-electron chi connectivity index (χ0n) is 11.9. The fourth-order valence-corrected chi connectivity index (χ4v) is 1.68. The van der Waals surface area contributed by atoms with Crippen molar-refractivity contribution >= 4 is 11.6 Å². The fourth-order valence-electron chi connectivity index (χ4n) is 1.68. The molecule has 1 aromatic rings. The lowest BCUT2D eigenvalue weighted by Gasteiger charge is -2.11. The van der Waals surface area contributed by atoms with Gasteiger partial charge in [0, 0.05) is 18.8 Å². The van der Waals surface area contributed by atoms with Gasteiger partial charge < -0.3 is 15.4 Å². The van der Waals surface area contributed by atoms with E-state index in [-0.39, 0.29) is 5.91 Å². The summed E-state index contributed by atoms with van der Waals surface area (Å²) in [4.78, 5) is 11.8. The summed E-state index contributed by atoms with van der Waals surface area (Å²) in [6.45, 7) is 6.98. The normalized spacial score (nSPS) is 10.4. The molecule has 0 aliphatic heterocycles. The summed E-state index contributed by atoms with van der Waals surface area (Å²) in [7, 11) is 0. The minimum Gasteiger partial charge on any atom is -0.381 e. The Balaban J connectivity index is 2.44. The molecular formula is C15H24N2O2. The second-order valence-electron chi connectivity index (χ2n) is 4.35. The monoisotopic (exact) mass is 264 g/mol. The van der Waals surface area contributed by atoms with Crippen LogP contribution in [0.4, 0.5) is 5.69 Å². The van der Waals surface area contributed by atoms with Gasteiger partial charge in [-0.15, -0.1) is 0 Å². The Labute approximate surface area is 115 Å². The first kappa shape index (κ1) is 15.7. The summed E-state index contributed by atoms with van der Waals surface area (Å²) >= 11 is 0. The maximum Gasteiger partial charge on any atom is 0.226 e. The van der Waals surface area contributed by atoms with Gasteiger partial charge in [-0.3, -0.25) is 4.79 Å². The van der Waals surface area contributed by atoms with Crippen molar-refractivity contribution in [1.29, 1.82) is 0 Å².